The van der Waals surface area contributed by atoms with E-state index in [4.69, 9.17) is 31.6 Å². The van der Waals surface area contributed by atoms with Gasteiger partial charge in [0.05, 0.1) is 31.5 Å². The Morgan fingerprint density at radius 2 is 1.87 bits per heavy atom. The number of ketones is 1. The molecule has 11 nitrogen and oxygen atoms in total. The highest BCUT2D eigenvalue weighted by Gasteiger charge is 2.61. The molecule has 4 unspecified atom stereocenters. The number of alkyl halides is 4. The summed E-state index contributed by atoms with van der Waals surface area (Å²) >= 11 is 6.18. The first kappa shape index (κ1) is 29.8. The molecule has 0 saturated carbocycles. The normalized spacial score (nSPS) is 28.2. The number of hydrazine groups is 1. The molecule has 0 amide bonds. The van der Waals surface area contributed by atoms with Crippen LogP contribution in [0.5, 0.6) is 5.75 Å². The Hall–Kier alpha value is -2.20. The first-order chi connectivity index (χ1) is 18.2. The third-order valence-corrected chi connectivity index (χ3v) is 7.35. The van der Waals surface area contributed by atoms with Gasteiger partial charge in [0.1, 0.15) is 5.75 Å². The highest BCUT2D eigenvalue weighted by Crippen LogP contribution is 2.41. The summed E-state index contributed by atoms with van der Waals surface area (Å²) in [7, 11) is 1.55. The van der Waals surface area contributed by atoms with Gasteiger partial charge in [-0.3, -0.25) is 10.5 Å². The van der Waals surface area contributed by atoms with Crippen LogP contribution in [0.2, 0.25) is 0 Å². The third-order valence-electron chi connectivity index (χ3n) is 7.03. The van der Waals surface area contributed by atoms with E-state index in [1.54, 1.807) is 19.2 Å². The molecule has 15 heteroatoms. The van der Waals surface area contributed by atoms with Crippen molar-refractivity contribution in [3.8, 4) is 5.75 Å². The number of quaternary nitrogens is 1. The van der Waals surface area contributed by atoms with Gasteiger partial charge < -0.3 is 14.4 Å². The number of carbonyl (C=O) groups is 2. The summed E-state index contributed by atoms with van der Waals surface area (Å²) in [6, 6.07) is 3.33. The Kier molecular flexibility index (Phi) is 8.39. The number of fused-ring (bicyclic) bond motifs is 1. The molecule has 3 aliphatic heterocycles. The van der Waals surface area contributed by atoms with Crippen LogP contribution >= 0.6 is 11.6 Å². The number of benzene rings is 1. The number of nitrogens with zero attached hydrogens (tertiary/aromatic N) is 3. The zero-order valence-corrected chi connectivity index (χ0v) is 23.1. The molecule has 0 aliphatic carbocycles. The molecule has 39 heavy (non-hydrogen) atoms. The number of anilines is 1. The molecule has 0 radical (unpaired) electrons. The highest BCUT2D eigenvalue weighted by molar-refractivity contribution is 6.20. The lowest BCUT2D eigenvalue weighted by atomic mass is 9.84. The van der Waals surface area contributed by atoms with E-state index in [1.165, 1.54) is 5.01 Å². The van der Waals surface area contributed by atoms with Crippen molar-refractivity contribution in [3.63, 3.8) is 0 Å². The Morgan fingerprint density at radius 3 is 2.46 bits per heavy atom. The molecular formula is C24H35ClF3N6O5+. The number of methoxy groups -OCH3 is 1. The molecule has 0 spiro atoms. The number of nitrogens with one attached hydrogen (secondary N) is 2. The molecule has 4 rings (SSSR count). The molecule has 3 fully saturated rings. The quantitative estimate of drug-likeness (QED) is 0.200. The number of Topliss-reactive ketones (excluding diaryl/α,β-unsaturated/α-hetero) is 1. The first-order valence-electron chi connectivity index (χ1n) is 12.6. The molecule has 1 aromatic carbocycles. The summed E-state index contributed by atoms with van der Waals surface area (Å²) in [5, 5.41) is 1.38. The molecule has 4 N–H and O–H groups in total. The van der Waals surface area contributed by atoms with Crippen LogP contribution in [0.25, 0.3) is 0 Å². The summed E-state index contributed by atoms with van der Waals surface area (Å²) in [4.78, 5) is 33.0. The SMILES string of the molecule is COc1c(N2CCOCC2)cc(C(=O)C[N+]2(OC(=O)C(F)(F)F)NC(N)N3NC(Cl)CCC32)cc1C(C)(C)C. The number of nitrogens with two attached hydrogens (primary N) is 1. The van der Waals surface area contributed by atoms with E-state index in [2.05, 4.69) is 10.9 Å². The van der Waals surface area contributed by atoms with Crippen LogP contribution in [0.1, 0.15) is 49.5 Å². The Labute approximate surface area is 229 Å². The number of hydrogen-bond donors (Lipinski definition) is 3. The van der Waals surface area contributed by atoms with Gasteiger partial charge in [0.25, 0.3) is 0 Å². The minimum Gasteiger partial charge on any atom is -0.494 e. The topological polar surface area (TPSA) is 118 Å². The fourth-order valence-corrected chi connectivity index (χ4v) is 5.39. The van der Waals surface area contributed by atoms with Crippen LogP contribution in [0.3, 0.4) is 0 Å². The van der Waals surface area contributed by atoms with E-state index < -0.39 is 52.6 Å². The van der Waals surface area contributed by atoms with Gasteiger partial charge in [-0.1, -0.05) is 26.2 Å². The number of hydrogen-bond acceptors (Lipinski definition) is 10. The monoisotopic (exact) mass is 579 g/mol. The summed E-state index contributed by atoms with van der Waals surface area (Å²) in [6.07, 6.45) is -6.77. The maximum Gasteiger partial charge on any atom is 0.497 e. The van der Waals surface area contributed by atoms with Crippen molar-refractivity contribution in [1.82, 2.24) is 15.9 Å². The number of ether oxygens (including phenoxy) is 2. The second kappa shape index (κ2) is 11.0. The molecule has 1 aromatic rings. The molecule has 4 atom stereocenters. The van der Waals surface area contributed by atoms with E-state index in [1.807, 2.05) is 25.7 Å². The second-order valence-electron chi connectivity index (χ2n) is 10.8. The predicted octanol–water partition coefficient (Wildman–Crippen LogP) is 2.10. The van der Waals surface area contributed by atoms with Crippen molar-refractivity contribution in [1.29, 1.82) is 0 Å². The van der Waals surface area contributed by atoms with E-state index in [9.17, 15) is 22.8 Å². The van der Waals surface area contributed by atoms with Crippen LogP contribution < -0.4 is 26.2 Å². The highest BCUT2D eigenvalue weighted by atomic mass is 35.5. The van der Waals surface area contributed by atoms with Crippen molar-refractivity contribution in [2.45, 2.75) is 63.2 Å². The maximum absolute atomic E-state index is 13.9. The number of halogens is 4. The Morgan fingerprint density at radius 1 is 1.21 bits per heavy atom. The van der Waals surface area contributed by atoms with Crippen molar-refractivity contribution < 1.29 is 41.8 Å². The average Bonchev–Trinajstić information content (AvgIpc) is 3.12. The molecule has 0 bridgehead atoms. The number of carbonyl (C=O) groups excluding carboxylic acids is 2. The summed E-state index contributed by atoms with van der Waals surface area (Å²) in [5.74, 6) is -2.39. The van der Waals surface area contributed by atoms with Crippen LogP contribution in [0.15, 0.2) is 12.1 Å². The van der Waals surface area contributed by atoms with E-state index in [0.29, 0.717) is 44.2 Å². The zero-order chi connectivity index (χ0) is 28.8. The largest absolute Gasteiger partial charge is 0.497 e. The standard InChI is InChI=1S/C24H35ClF3N6O5/c1-23(2,3)15-11-14(12-16(20(15)37-4)32-7-9-38-10-8-32)17(35)13-34(39-21(36)24(26,27)28)19-6-5-18(25)30-33(19)22(29)31-34/h11-12,18-19,22,30-31H,5-10,13,29H2,1-4H3/q+1. The first-order valence-corrected chi connectivity index (χ1v) is 13.1. The number of rotatable bonds is 6. The summed E-state index contributed by atoms with van der Waals surface area (Å²) in [6.45, 7) is 7.38. The van der Waals surface area contributed by atoms with E-state index in [-0.39, 0.29) is 12.0 Å². The lowest BCUT2D eigenvalue weighted by molar-refractivity contribution is -1.13. The lowest BCUT2D eigenvalue weighted by Crippen LogP contribution is -2.66. The van der Waals surface area contributed by atoms with Crippen molar-refractivity contribution in [3.05, 3.63) is 23.3 Å². The minimum atomic E-state index is -5.28. The van der Waals surface area contributed by atoms with Gasteiger partial charge in [-0.15, -0.1) is 16.6 Å². The molecule has 3 heterocycles. The van der Waals surface area contributed by atoms with Crippen LogP contribution in [-0.2, 0) is 19.8 Å². The van der Waals surface area contributed by atoms with Gasteiger partial charge in [0.15, 0.2) is 6.29 Å². The molecule has 3 saturated heterocycles. The van der Waals surface area contributed by atoms with Gasteiger partial charge in [-0.05, 0) is 28.7 Å². The molecule has 3 aliphatic rings. The van der Waals surface area contributed by atoms with Gasteiger partial charge in [0.2, 0.25) is 18.5 Å². The second-order valence-corrected chi connectivity index (χ2v) is 11.3. The smallest absolute Gasteiger partial charge is 0.494 e. The number of hydroxylamine groups is 2. The maximum atomic E-state index is 13.9. The predicted molar refractivity (Wildman–Crippen MR) is 135 cm³/mol. The summed E-state index contributed by atoms with van der Waals surface area (Å²) < 4.78 is 50.1. The molecule has 218 valence electrons. The fourth-order valence-electron chi connectivity index (χ4n) is 5.15. The van der Waals surface area contributed by atoms with E-state index in [0.717, 1.165) is 5.56 Å². The van der Waals surface area contributed by atoms with E-state index >= 15 is 0 Å². The molecule has 0 aromatic heterocycles. The molecular weight excluding hydrogens is 545 g/mol. The van der Waals surface area contributed by atoms with Crippen molar-refractivity contribution in [2.24, 2.45) is 5.73 Å². The van der Waals surface area contributed by atoms with Gasteiger partial charge in [-0.2, -0.15) is 13.2 Å². The number of morpholine rings is 1. The summed E-state index contributed by atoms with van der Waals surface area (Å²) in [5.41, 5.74) is 12.4. The van der Waals surface area contributed by atoms with Crippen LogP contribution in [-0.4, -0.2) is 85.6 Å². The third kappa shape index (κ3) is 6.11. The van der Waals surface area contributed by atoms with Gasteiger partial charge in [-0.25, -0.2) is 15.1 Å². The van der Waals surface area contributed by atoms with Crippen LogP contribution in [0.4, 0.5) is 18.9 Å². The minimum absolute atomic E-state index is 0.204. The Bertz CT molecular complexity index is 1100. The van der Waals surface area contributed by atoms with Gasteiger partial charge >= 0.3 is 12.1 Å². The average molecular weight is 580 g/mol. The lowest BCUT2D eigenvalue weighted by Gasteiger charge is -2.38. The van der Waals surface area contributed by atoms with Crippen molar-refractivity contribution in [2.75, 3.05) is 44.9 Å². The Balaban J connectivity index is 1.76. The van der Waals surface area contributed by atoms with Crippen molar-refractivity contribution >= 4 is 29.0 Å². The van der Waals surface area contributed by atoms with Crippen LogP contribution in [0, 0.1) is 0 Å². The zero-order valence-electron chi connectivity index (χ0n) is 22.3. The van der Waals surface area contributed by atoms with Gasteiger partial charge in [0, 0.05) is 30.6 Å². The fraction of sp³-hybridized carbons (Fsp3) is 0.667.